The standard InChI is InChI=1S/C28H50N10O7S/c1-16(30)22(39)36-19(15-46)24(41)34-17(7-2-3-11-29)23(40)35-18(8-4-12-33-28(31)32)25(42)37-13-5-9-20(37)26(43)38-14-6-10-21(38)27(44)45/h16-21,46H,2-15,29-30H2,1H3,(H,34,41)(H,35,40)(H,36,39)(H,44,45)(H4,31,32,33)/t16-,17-,18-,19-,20-,21-/m0/s1. The summed E-state index contributed by atoms with van der Waals surface area (Å²) in [6, 6.07) is -5.94. The van der Waals surface area contributed by atoms with Gasteiger partial charge in [0.15, 0.2) is 5.96 Å². The molecule has 0 bridgehead atoms. The number of nitrogens with zero attached hydrogens (tertiary/aromatic N) is 3. The lowest BCUT2D eigenvalue weighted by Gasteiger charge is -2.33. The van der Waals surface area contributed by atoms with E-state index in [0.717, 1.165) is 0 Å². The number of amides is 5. The molecule has 0 spiro atoms. The zero-order valence-electron chi connectivity index (χ0n) is 26.4. The van der Waals surface area contributed by atoms with Crippen LogP contribution in [0.5, 0.6) is 0 Å². The largest absolute Gasteiger partial charge is 0.480 e. The van der Waals surface area contributed by atoms with Crippen molar-refractivity contribution in [1.29, 1.82) is 0 Å². The SMILES string of the molecule is C[C@H](N)C(=O)N[C@@H](CS)C(=O)N[C@@H](CCCCN)C(=O)N[C@@H](CCCN=C(N)N)C(=O)N1CCC[C@H]1C(=O)N1CCC[C@H]1C(=O)O. The second kappa shape index (κ2) is 19.1. The molecule has 0 unspecified atom stereocenters. The topological polar surface area (TPSA) is 282 Å². The van der Waals surface area contributed by atoms with Gasteiger partial charge in [0.05, 0.1) is 6.04 Å². The number of carbonyl (C=O) groups is 6. The number of thiol groups is 1. The number of nitrogens with one attached hydrogen (secondary N) is 3. The Kier molecular flexibility index (Phi) is 16.0. The maximum Gasteiger partial charge on any atom is 0.326 e. The van der Waals surface area contributed by atoms with Gasteiger partial charge in [0.25, 0.3) is 0 Å². The molecule has 6 atom stereocenters. The molecule has 0 saturated carbocycles. The fourth-order valence-corrected chi connectivity index (χ4v) is 5.79. The van der Waals surface area contributed by atoms with Gasteiger partial charge in [-0.05, 0) is 71.3 Å². The molecule has 0 radical (unpaired) electrons. The van der Waals surface area contributed by atoms with Crippen molar-refractivity contribution in [3.05, 3.63) is 0 Å². The van der Waals surface area contributed by atoms with Crippen molar-refractivity contribution >= 4 is 54.1 Å². The predicted molar refractivity (Wildman–Crippen MR) is 173 cm³/mol. The number of aliphatic carboxylic acids is 1. The van der Waals surface area contributed by atoms with Gasteiger partial charge >= 0.3 is 5.97 Å². The van der Waals surface area contributed by atoms with E-state index in [1.165, 1.54) is 16.7 Å². The average Bonchev–Trinajstić information content (AvgIpc) is 3.70. The summed E-state index contributed by atoms with van der Waals surface area (Å²) in [6.45, 7) is 2.54. The number of hydrogen-bond donors (Lipinski definition) is 9. The lowest BCUT2D eigenvalue weighted by atomic mass is 10.0. The van der Waals surface area contributed by atoms with Crippen LogP contribution in [0.1, 0.15) is 64.7 Å². The lowest BCUT2D eigenvalue weighted by molar-refractivity contribution is -0.152. The molecule has 2 heterocycles. The van der Waals surface area contributed by atoms with Crippen LogP contribution in [0.15, 0.2) is 4.99 Å². The Bertz CT molecular complexity index is 1120. The van der Waals surface area contributed by atoms with Crippen LogP contribution >= 0.6 is 12.6 Å². The Labute approximate surface area is 274 Å². The smallest absolute Gasteiger partial charge is 0.326 e. The second-order valence-corrected chi connectivity index (χ2v) is 12.0. The van der Waals surface area contributed by atoms with E-state index < -0.39 is 71.8 Å². The molecule has 12 N–H and O–H groups in total. The van der Waals surface area contributed by atoms with E-state index >= 15 is 0 Å². The summed E-state index contributed by atoms with van der Waals surface area (Å²) in [4.78, 5) is 84.7. The van der Waals surface area contributed by atoms with E-state index in [9.17, 15) is 33.9 Å². The van der Waals surface area contributed by atoms with Crippen molar-refractivity contribution in [3.8, 4) is 0 Å². The van der Waals surface area contributed by atoms with Gasteiger partial charge < -0.3 is 53.8 Å². The van der Waals surface area contributed by atoms with E-state index in [1.807, 2.05) is 0 Å². The van der Waals surface area contributed by atoms with Crippen LogP contribution in [0, 0.1) is 0 Å². The van der Waals surface area contributed by atoms with Crippen LogP contribution in [0.4, 0.5) is 0 Å². The van der Waals surface area contributed by atoms with Crippen molar-refractivity contribution in [2.24, 2.45) is 27.9 Å². The van der Waals surface area contributed by atoms with Crippen LogP contribution in [0.25, 0.3) is 0 Å². The Morgan fingerprint density at radius 2 is 1.41 bits per heavy atom. The number of carboxylic acids is 1. The lowest BCUT2D eigenvalue weighted by Crippen LogP contribution is -2.59. The highest BCUT2D eigenvalue weighted by atomic mass is 32.1. The van der Waals surface area contributed by atoms with Crippen molar-refractivity contribution in [1.82, 2.24) is 25.8 Å². The molecule has 5 amide bonds. The number of unbranched alkanes of at least 4 members (excludes halogenated alkanes) is 1. The van der Waals surface area contributed by atoms with Gasteiger partial charge in [-0.25, -0.2) is 4.79 Å². The number of aliphatic imine (C=N–C) groups is 1. The molecule has 0 aromatic carbocycles. The molecule has 2 aliphatic rings. The molecule has 46 heavy (non-hydrogen) atoms. The minimum absolute atomic E-state index is 0.0581. The number of nitrogens with two attached hydrogens (primary N) is 4. The average molecular weight is 671 g/mol. The van der Waals surface area contributed by atoms with Gasteiger partial charge in [-0.2, -0.15) is 12.6 Å². The Morgan fingerprint density at radius 1 is 0.848 bits per heavy atom. The van der Waals surface area contributed by atoms with Crippen LogP contribution in [-0.2, 0) is 28.8 Å². The third kappa shape index (κ3) is 11.3. The summed E-state index contributed by atoms with van der Waals surface area (Å²) >= 11 is 4.15. The summed E-state index contributed by atoms with van der Waals surface area (Å²) < 4.78 is 0. The molecule has 260 valence electrons. The summed E-state index contributed by atoms with van der Waals surface area (Å²) in [5, 5.41) is 17.5. The minimum Gasteiger partial charge on any atom is -0.480 e. The summed E-state index contributed by atoms with van der Waals surface area (Å²) in [5.41, 5.74) is 22.1. The zero-order valence-corrected chi connectivity index (χ0v) is 27.3. The molecular formula is C28H50N10O7S. The molecule has 2 fully saturated rings. The molecule has 0 aromatic rings. The van der Waals surface area contributed by atoms with Crippen molar-refractivity contribution in [2.75, 3.05) is 31.9 Å². The van der Waals surface area contributed by atoms with Gasteiger partial charge in [0.2, 0.25) is 29.5 Å². The fraction of sp³-hybridized carbons (Fsp3) is 0.750. The molecule has 2 rings (SSSR count). The Hall–Kier alpha value is -3.64. The number of rotatable bonds is 18. The third-order valence-corrected chi connectivity index (χ3v) is 8.38. The van der Waals surface area contributed by atoms with E-state index in [2.05, 4.69) is 33.6 Å². The number of likely N-dealkylation sites (tertiary alicyclic amines) is 2. The van der Waals surface area contributed by atoms with E-state index in [4.69, 9.17) is 22.9 Å². The first-order chi connectivity index (χ1) is 21.8. The molecular weight excluding hydrogens is 620 g/mol. The summed E-state index contributed by atoms with van der Waals surface area (Å²) in [6.07, 6.45) is 3.45. The molecule has 2 aliphatic heterocycles. The molecule has 18 heteroatoms. The van der Waals surface area contributed by atoms with Crippen molar-refractivity contribution in [3.63, 3.8) is 0 Å². The van der Waals surface area contributed by atoms with Gasteiger partial charge in [0, 0.05) is 25.4 Å². The quantitative estimate of drug-likeness (QED) is 0.0306. The number of guanidine groups is 1. The third-order valence-electron chi connectivity index (χ3n) is 8.01. The van der Waals surface area contributed by atoms with E-state index in [1.54, 1.807) is 0 Å². The van der Waals surface area contributed by atoms with Gasteiger partial charge in [-0.1, -0.05) is 0 Å². The fourth-order valence-electron chi connectivity index (χ4n) is 5.53. The van der Waals surface area contributed by atoms with Gasteiger partial charge in [-0.15, -0.1) is 0 Å². The maximum atomic E-state index is 14.0. The van der Waals surface area contributed by atoms with Crippen molar-refractivity contribution in [2.45, 2.75) is 101 Å². The predicted octanol–water partition coefficient (Wildman–Crippen LogP) is -3.03. The monoisotopic (exact) mass is 670 g/mol. The first-order valence-corrected chi connectivity index (χ1v) is 16.3. The summed E-state index contributed by atoms with van der Waals surface area (Å²) in [7, 11) is 0. The van der Waals surface area contributed by atoms with Crippen LogP contribution in [0.2, 0.25) is 0 Å². The highest BCUT2D eigenvalue weighted by Gasteiger charge is 2.43. The first-order valence-electron chi connectivity index (χ1n) is 15.7. The van der Waals surface area contributed by atoms with Crippen LogP contribution in [0.3, 0.4) is 0 Å². The van der Waals surface area contributed by atoms with Crippen molar-refractivity contribution < 1.29 is 33.9 Å². The number of carbonyl (C=O) groups excluding carboxylic acids is 5. The Morgan fingerprint density at radius 3 is 2.00 bits per heavy atom. The molecule has 17 nitrogen and oxygen atoms in total. The van der Waals surface area contributed by atoms with E-state index in [-0.39, 0.29) is 44.2 Å². The molecule has 0 aliphatic carbocycles. The highest BCUT2D eigenvalue weighted by Crippen LogP contribution is 2.26. The van der Waals surface area contributed by atoms with E-state index in [0.29, 0.717) is 51.5 Å². The minimum atomic E-state index is -1.10. The van der Waals surface area contributed by atoms with Crippen LogP contribution in [-0.4, -0.2) is 125 Å². The van der Waals surface area contributed by atoms with Gasteiger partial charge in [-0.3, -0.25) is 29.0 Å². The number of carboxylic acid groups (broad SMARTS) is 1. The Balaban J connectivity index is 2.27. The molecule has 0 aromatic heterocycles. The normalized spacial score (nSPS) is 20.3. The number of hydrogen-bond acceptors (Lipinski definition) is 10. The maximum absolute atomic E-state index is 14.0. The first kappa shape index (κ1) is 38.5. The second-order valence-electron chi connectivity index (χ2n) is 11.6. The summed E-state index contributed by atoms with van der Waals surface area (Å²) in [5.74, 6) is -4.09. The van der Waals surface area contributed by atoms with Crippen LogP contribution < -0.4 is 38.9 Å². The van der Waals surface area contributed by atoms with Gasteiger partial charge in [0.1, 0.15) is 30.2 Å². The highest BCUT2D eigenvalue weighted by molar-refractivity contribution is 7.80. The molecule has 2 saturated heterocycles. The zero-order chi connectivity index (χ0) is 34.4.